The van der Waals surface area contributed by atoms with E-state index < -0.39 is 5.51 Å². The Balaban J connectivity index is 2.19. The minimum Gasteiger partial charge on any atom is -0.497 e. The number of Topliss-reactive ketones (excluding diaryl/α,β-unsaturated/α-hetero) is 1. The summed E-state index contributed by atoms with van der Waals surface area (Å²) in [5.41, 5.74) is -3.71. The number of halogens is 3. The van der Waals surface area contributed by atoms with Gasteiger partial charge in [0.05, 0.1) is 20.3 Å². The fourth-order valence-corrected chi connectivity index (χ4v) is 1.84. The van der Waals surface area contributed by atoms with Crippen molar-refractivity contribution in [3.8, 4) is 5.75 Å². The first kappa shape index (κ1) is 16.8. The highest BCUT2D eigenvalue weighted by Crippen LogP contribution is 2.29. The third-order valence-corrected chi connectivity index (χ3v) is 3.08. The molecular weight excluding hydrogens is 293 g/mol. The summed E-state index contributed by atoms with van der Waals surface area (Å²) in [6.07, 6.45) is 0.142. The SMILES string of the molecule is COc1ccc(C(=O)CCOCCSC(F)(F)F)cc1. The Kier molecular flexibility index (Phi) is 6.87. The van der Waals surface area contributed by atoms with Crippen molar-refractivity contribution < 1.29 is 27.4 Å². The molecule has 0 unspecified atom stereocenters. The molecule has 0 amide bonds. The number of hydrogen-bond acceptors (Lipinski definition) is 4. The first-order chi connectivity index (χ1) is 9.42. The summed E-state index contributed by atoms with van der Waals surface area (Å²) in [5, 5.41) is 0. The van der Waals surface area contributed by atoms with Crippen LogP contribution in [0.25, 0.3) is 0 Å². The van der Waals surface area contributed by atoms with Gasteiger partial charge in [-0.1, -0.05) is 0 Å². The molecule has 0 aliphatic rings. The zero-order chi connectivity index (χ0) is 15.0. The summed E-state index contributed by atoms with van der Waals surface area (Å²) < 4.78 is 45.4. The molecule has 112 valence electrons. The summed E-state index contributed by atoms with van der Waals surface area (Å²) in [7, 11) is 1.53. The summed E-state index contributed by atoms with van der Waals surface area (Å²) in [6, 6.07) is 6.63. The van der Waals surface area contributed by atoms with Gasteiger partial charge in [-0.25, -0.2) is 0 Å². The molecule has 0 heterocycles. The van der Waals surface area contributed by atoms with Gasteiger partial charge < -0.3 is 9.47 Å². The van der Waals surface area contributed by atoms with Crippen LogP contribution in [0.15, 0.2) is 24.3 Å². The van der Waals surface area contributed by atoms with Crippen LogP contribution in [0.3, 0.4) is 0 Å². The van der Waals surface area contributed by atoms with Crippen LogP contribution in [-0.4, -0.2) is 37.4 Å². The topological polar surface area (TPSA) is 35.5 Å². The molecule has 20 heavy (non-hydrogen) atoms. The molecule has 7 heteroatoms. The van der Waals surface area contributed by atoms with E-state index in [9.17, 15) is 18.0 Å². The first-order valence-electron chi connectivity index (χ1n) is 5.88. The zero-order valence-corrected chi connectivity index (χ0v) is 11.7. The van der Waals surface area contributed by atoms with Crippen molar-refractivity contribution >= 4 is 17.5 Å². The van der Waals surface area contributed by atoms with Crippen LogP contribution in [0.5, 0.6) is 5.75 Å². The van der Waals surface area contributed by atoms with Gasteiger partial charge in [0.25, 0.3) is 0 Å². The van der Waals surface area contributed by atoms with Gasteiger partial charge in [0.1, 0.15) is 5.75 Å². The van der Waals surface area contributed by atoms with Crippen molar-refractivity contribution in [3.63, 3.8) is 0 Å². The third-order valence-electron chi connectivity index (χ3n) is 2.38. The second-order valence-corrected chi connectivity index (χ2v) is 4.97. The highest BCUT2D eigenvalue weighted by Gasteiger charge is 2.27. The van der Waals surface area contributed by atoms with E-state index in [4.69, 9.17) is 9.47 Å². The van der Waals surface area contributed by atoms with Crippen LogP contribution < -0.4 is 4.74 Å². The number of benzene rings is 1. The minimum atomic E-state index is -4.23. The molecule has 0 spiro atoms. The van der Waals surface area contributed by atoms with Crippen LogP contribution in [0, 0.1) is 0 Å². The van der Waals surface area contributed by atoms with Gasteiger partial charge in [0.15, 0.2) is 5.78 Å². The second-order valence-electron chi connectivity index (χ2n) is 3.81. The molecule has 0 bridgehead atoms. The maximum absolute atomic E-state index is 11.8. The molecule has 0 saturated heterocycles. The fraction of sp³-hybridized carbons (Fsp3) is 0.462. The Bertz CT molecular complexity index is 418. The number of rotatable bonds is 8. The van der Waals surface area contributed by atoms with Crippen LogP contribution >= 0.6 is 11.8 Å². The average molecular weight is 308 g/mol. The number of ketones is 1. The lowest BCUT2D eigenvalue weighted by Crippen LogP contribution is -2.09. The number of carbonyl (C=O) groups is 1. The molecular formula is C13H15F3O3S. The molecule has 1 rings (SSSR count). The molecule has 0 atom stereocenters. The third kappa shape index (κ3) is 6.81. The van der Waals surface area contributed by atoms with Crippen LogP contribution in [-0.2, 0) is 4.74 Å². The second kappa shape index (κ2) is 8.16. The number of thioether (sulfide) groups is 1. The Morgan fingerprint density at radius 2 is 1.85 bits per heavy atom. The Morgan fingerprint density at radius 1 is 1.20 bits per heavy atom. The lowest BCUT2D eigenvalue weighted by Gasteiger charge is -2.06. The average Bonchev–Trinajstić information content (AvgIpc) is 2.41. The minimum absolute atomic E-state index is 0.0277. The number of alkyl halides is 3. The molecule has 0 aliphatic carbocycles. The van der Waals surface area contributed by atoms with Gasteiger partial charge in [-0.3, -0.25) is 4.79 Å². The van der Waals surface area contributed by atoms with Gasteiger partial charge >= 0.3 is 5.51 Å². The first-order valence-corrected chi connectivity index (χ1v) is 6.86. The number of hydrogen-bond donors (Lipinski definition) is 0. The summed E-state index contributed by atoms with van der Waals surface area (Å²) >= 11 is -0.131. The highest BCUT2D eigenvalue weighted by atomic mass is 32.2. The van der Waals surface area contributed by atoms with Crippen LogP contribution in [0.2, 0.25) is 0 Å². The van der Waals surface area contributed by atoms with Gasteiger partial charge in [-0.05, 0) is 36.0 Å². The molecule has 1 aromatic rings. The molecule has 0 fully saturated rings. The van der Waals surface area contributed by atoms with Crippen molar-refractivity contribution in [2.24, 2.45) is 0 Å². The van der Waals surface area contributed by atoms with E-state index in [0.29, 0.717) is 11.3 Å². The van der Waals surface area contributed by atoms with E-state index in [1.807, 2.05) is 0 Å². The van der Waals surface area contributed by atoms with Gasteiger partial charge in [-0.2, -0.15) is 13.2 Å². The quantitative estimate of drug-likeness (QED) is 0.543. The van der Waals surface area contributed by atoms with Crippen molar-refractivity contribution in [2.45, 2.75) is 11.9 Å². The molecule has 1 aromatic carbocycles. The summed E-state index contributed by atoms with van der Waals surface area (Å²) in [4.78, 5) is 11.7. The van der Waals surface area contributed by atoms with E-state index in [-0.39, 0.29) is 42.9 Å². The number of methoxy groups -OCH3 is 1. The molecule has 0 aromatic heterocycles. The highest BCUT2D eigenvalue weighted by molar-refractivity contribution is 8.00. The number of carbonyl (C=O) groups excluding carboxylic acids is 1. The predicted octanol–water partition coefficient (Wildman–Crippen LogP) is 3.54. The number of ether oxygens (including phenoxy) is 2. The van der Waals surface area contributed by atoms with Gasteiger partial charge in [-0.15, -0.1) is 0 Å². The van der Waals surface area contributed by atoms with E-state index in [1.54, 1.807) is 24.3 Å². The van der Waals surface area contributed by atoms with E-state index in [1.165, 1.54) is 7.11 Å². The lowest BCUT2D eigenvalue weighted by atomic mass is 10.1. The van der Waals surface area contributed by atoms with Gasteiger partial charge in [0, 0.05) is 17.7 Å². The maximum Gasteiger partial charge on any atom is 0.441 e. The Morgan fingerprint density at radius 3 is 2.40 bits per heavy atom. The van der Waals surface area contributed by atoms with Gasteiger partial charge in [0.2, 0.25) is 0 Å². The fourth-order valence-electron chi connectivity index (χ4n) is 1.40. The van der Waals surface area contributed by atoms with Crippen molar-refractivity contribution in [2.75, 3.05) is 26.1 Å². The molecule has 0 radical (unpaired) electrons. The van der Waals surface area contributed by atoms with Crippen molar-refractivity contribution in [1.82, 2.24) is 0 Å². The normalized spacial score (nSPS) is 11.4. The maximum atomic E-state index is 11.8. The Labute approximate surface area is 119 Å². The van der Waals surface area contributed by atoms with E-state index >= 15 is 0 Å². The summed E-state index contributed by atoms with van der Waals surface area (Å²) in [5.74, 6) is 0.373. The van der Waals surface area contributed by atoms with Crippen LogP contribution in [0.1, 0.15) is 16.8 Å². The van der Waals surface area contributed by atoms with E-state index in [0.717, 1.165) is 0 Å². The van der Waals surface area contributed by atoms with Crippen molar-refractivity contribution in [1.29, 1.82) is 0 Å². The van der Waals surface area contributed by atoms with Crippen molar-refractivity contribution in [3.05, 3.63) is 29.8 Å². The molecule has 0 saturated carbocycles. The standard InChI is InChI=1S/C13H15F3O3S/c1-18-11-4-2-10(3-5-11)12(17)6-7-19-8-9-20-13(14,15)16/h2-5H,6-9H2,1H3. The predicted molar refractivity (Wildman–Crippen MR) is 71.3 cm³/mol. The monoisotopic (exact) mass is 308 g/mol. The lowest BCUT2D eigenvalue weighted by molar-refractivity contribution is -0.0331. The van der Waals surface area contributed by atoms with E-state index in [2.05, 4.69) is 0 Å². The molecule has 3 nitrogen and oxygen atoms in total. The van der Waals surface area contributed by atoms with Crippen LogP contribution in [0.4, 0.5) is 13.2 Å². The Hall–Kier alpha value is -1.21. The molecule has 0 aliphatic heterocycles. The smallest absolute Gasteiger partial charge is 0.441 e. The zero-order valence-electron chi connectivity index (χ0n) is 10.9. The largest absolute Gasteiger partial charge is 0.497 e. The molecule has 0 N–H and O–H groups in total. The summed E-state index contributed by atoms with van der Waals surface area (Å²) in [6.45, 7) is 0.0867.